The molecule has 0 aromatic heterocycles. The van der Waals surface area contributed by atoms with Gasteiger partial charge in [-0.2, -0.15) is 0 Å². The van der Waals surface area contributed by atoms with Crippen molar-refractivity contribution in [3.63, 3.8) is 0 Å². The number of oxime groups is 2. The Kier molecular flexibility index (Phi) is 13.7. The molecule has 0 fully saturated rings. The van der Waals surface area contributed by atoms with Crippen molar-refractivity contribution < 1.29 is 39.7 Å². The Labute approximate surface area is 347 Å². The van der Waals surface area contributed by atoms with E-state index in [1.54, 1.807) is 36.4 Å². The number of aromatic hydroxyl groups is 2. The summed E-state index contributed by atoms with van der Waals surface area (Å²) in [5.74, 6) is -0.706. The van der Waals surface area contributed by atoms with Crippen LogP contribution in [-0.4, -0.2) is 57.0 Å². The Morgan fingerprint density at radius 2 is 1.08 bits per heavy atom. The third kappa shape index (κ3) is 9.31. The van der Waals surface area contributed by atoms with Gasteiger partial charge in [0.2, 0.25) is 0 Å². The van der Waals surface area contributed by atoms with Crippen LogP contribution in [0.5, 0.6) is 34.5 Å². The lowest BCUT2D eigenvalue weighted by Gasteiger charge is -2.17. The van der Waals surface area contributed by atoms with Gasteiger partial charge in [0, 0.05) is 25.9 Å². The van der Waals surface area contributed by atoms with Gasteiger partial charge in [-0.25, -0.2) is 0 Å². The first-order valence-electron chi connectivity index (χ1n) is 15.1. The van der Waals surface area contributed by atoms with E-state index in [4.69, 9.17) is 9.47 Å². The monoisotopic (exact) mass is 1090 g/mol. The molecule has 18 heteroatoms. The number of nitrogens with zero attached hydrogens (tertiary/aromatic N) is 2. The maximum Gasteiger partial charge on any atom is 0.269 e. The summed E-state index contributed by atoms with van der Waals surface area (Å²) >= 11 is 20.8. The lowest BCUT2D eigenvalue weighted by Crippen LogP contribution is -2.33. The van der Waals surface area contributed by atoms with Gasteiger partial charge in [0.15, 0.2) is 34.5 Å². The lowest BCUT2D eigenvalue weighted by atomic mass is 10.1. The van der Waals surface area contributed by atoms with Crippen LogP contribution in [-0.2, 0) is 35.3 Å². The predicted octanol–water partition coefficient (Wildman–Crippen LogP) is 9.03. The number of benzene rings is 4. The van der Waals surface area contributed by atoms with Gasteiger partial charge in [0.1, 0.15) is 11.4 Å². The van der Waals surface area contributed by atoms with Crippen molar-refractivity contribution in [2.75, 3.05) is 13.1 Å². The second-order valence-corrected chi connectivity index (χ2v) is 16.2. The summed E-state index contributed by atoms with van der Waals surface area (Å²) in [5, 5.41) is 53.3. The second kappa shape index (κ2) is 17.8. The van der Waals surface area contributed by atoms with Crippen molar-refractivity contribution in [1.82, 2.24) is 10.6 Å². The first kappa shape index (κ1) is 40.0. The number of ether oxygens (including phenoxy) is 2. The standard InChI is InChI=1S/C34H26Br6N4O8/c35-19-3-1-18-6-8-42-34(48)24(44-50)13-16-9-20(36)29(45)26(14-16)52-31-21(37)10-15(11-22(31)38)12-23(43-49)33(47)41-7-5-17-2-4-25(30(46)27(17)39)51-32(19)28(18)40/h1-4,9-11,14,45-46,49-50H,5-8,12-13H2,(H,41,47)(H,42,48)/b43-23+,44-24+. The van der Waals surface area contributed by atoms with Gasteiger partial charge in [0.25, 0.3) is 11.8 Å². The van der Waals surface area contributed by atoms with Gasteiger partial charge in [-0.15, -0.1) is 0 Å². The number of phenols is 2. The molecule has 0 unspecified atom stereocenters. The van der Waals surface area contributed by atoms with Gasteiger partial charge in [-0.1, -0.05) is 22.4 Å². The smallest absolute Gasteiger partial charge is 0.269 e. The summed E-state index contributed by atoms with van der Waals surface area (Å²) in [6, 6.07) is 13.4. The fourth-order valence-corrected chi connectivity index (χ4v) is 8.86. The van der Waals surface area contributed by atoms with E-state index in [1.807, 2.05) is 6.07 Å². The van der Waals surface area contributed by atoms with Gasteiger partial charge in [0.05, 0.1) is 26.8 Å². The summed E-state index contributed by atoms with van der Waals surface area (Å²) in [6.45, 7) is 0.340. The van der Waals surface area contributed by atoms with Crippen molar-refractivity contribution in [2.45, 2.75) is 25.7 Å². The van der Waals surface area contributed by atoms with E-state index in [0.717, 1.165) is 5.56 Å². The summed E-state index contributed by atoms with van der Waals surface area (Å²) in [6.07, 6.45) is 0.536. The van der Waals surface area contributed by atoms with Crippen molar-refractivity contribution >= 4 is 119 Å². The molecule has 8 bridgehead atoms. The molecule has 3 aliphatic heterocycles. The highest BCUT2D eigenvalue weighted by Crippen LogP contribution is 2.45. The summed E-state index contributed by atoms with van der Waals surface area (Å²) in [5.41, 5.74) is 2.20. The largest absolute Gasteiger partial charge is 0.503 e. The maximum absolute atomic E-state index is 13.1. The number of carbonyl (C=O) groups is 2. The summed E-state index contributed by atoms with van der Waals surface area (Å²) in [7, 11) is 0. The number of hydrogen-bond donors (Lipinski definition) is 6. The number of rotatable bonds is 0. The average molecular weight is 1100 g/mol. The molecule has 0 aliphatic carbocycles. The van der Waals surface area contributed by atoms with Crippen LogP contribution in [0.15, 0.2) is 85.7 Å². The van der Waals surface area contributed by atoms with Crippen LogP contribution in [0.1, 0.15) is 22.3 Å². The molecule has 4 aromatic carbocycles. The zero-order valence-electron chi connectivity index (χ0n) is 26.4. The van der Waals surface area contributed by atoms with Gasteiger partial charge in [-0.3, -0.25) is 9.59 Å². The first-order valence-corrected chi connectivity index (χ1v) is 19.9. The molecule has 7 rings (SSSR count). The predicted molar refractivity (Wildman–Crippen MR) is 215 cm³/mol. The molecule has 6 N–H and O–H groups in total. The van der Waals surface area contributed by atoms with E-state index in [0.29, 0.717) is 57.6 Å². The molecule has 272 valence electrons. The number of halogens is 6. The van der Waals surface area contributed by atoms with E-state index in [-0.39, 0.29) is 70.6 Å². The minimum absolute atomic E-state index is 0.0360. The van der Waals surface area contributed by atoms with Crippen molar-refractivity contribution in [1.29, 1.82) is 0 Å². The SMILES string of the molecule is O=C1NCCc2ccc(c(O)c2Br)Oc2c(Br)ccc(c2Br)CCNC(=O)/C(=N/O)Cc2cc(Br)c(O)c(c2)Oc2c(Br)cc(cc2Br)C/C1=N\O. The normalized spacial score (nSPS) is 16.1. The number of nitrogens with one attached hydrogen (secondary N) is 2. The second-order valence-electron chi connectivity index (χ2n) is 11.2. The maximum atomic E-state index is 13.1. The molecule has 0 saturated carbocycles. The molecule has 0 atom stereocenters. The van der Waals surface area contributed by atoms with Crippen LogP contribution in [0.4, 0.5) is 0 Å². The van der Waals surface area contributed by atoms with E-state index in [1.165, 1.54) is 6.07 Å². The minimum atomic E-state index is -0.609. The zero-order valence-corrected chi connectivity index (χ0v) is 36.0. The Morgan fingerprint density at radius 1 is 0.577 bits per heavy atom. The number of phenolic OH excluding ortho intramolecular Hbond substituents is 2. The number of fused-ring (bicyclic) bond motifs is 2. The Bertz CT molecular complexity index is 2110. The number of hydrogen-bond acceptors (Lipinski definition) is 10. The van der Waals surface area contributed by atoms with Crippen LogP contribution in [0, 0.1) is 0 Å². The van der Waals surface area contributed by atoms with Crippen LogP contribution in [0.3, 0.4) is 0 Å². The molecular formula is C34H26Br6N4O8. The summed E-state index contributed by atoms with van der Waals surface area (Å²) in [4.78, 5) is 26.1. The highest BCUT2D eigenvalue weighted by Gasteiger charge is 2.22. The van der Waals surface area contributed by atoms with Crippen molar-refractivity contribution in [3.8, 4) is 34.5 Å². The van der Waals surface area contributed by atoms with Gasteiger partial charge >= 0.3 is 0 Å². The lowest BCUT2D eigenvalue weighted by molar-refractivity contribution is -0.115. The summed E-state index contributed by atoms with van der Waals surface area (Å²) < 4.78 is 14.9. The highest BCUT2D eigenvalue weighted by atomic mass is 79.9. The zero-order chi connectivity index (χ0) is 37.7. The number of carbonyl (C=O) groups excluding carboxylic acids is 2. The fourth-order valence-electron chi connectivity index (χ4n) is 5.10. The van der Waals surface area contributed by atoms with Crippen LogP contribution in [0.2, 0.25) is 0 Å². The molecule has 52 heavy (non-hydrogen) atoms. The third-order valence-corrected chi connectivity index (χ3v) is 11.9. The highest BCUT2D eigenvalue weighted by molar-refractivity contribution is 9.11. The number of amides is 2. The quantitative estimate of drug-likeness (QED) is 0.0745. The van der Waals surface area contributed by atoms with Crippen LogP contribution in [0.25, 0.3) is 0 Å². The average Bonchev–Trinajstić information content (AvgIpc) is 3.11. The molecule has 3 heterocycles. The Balaban J connectivity index is 1.49. The van der Waals surface area contributed by atoms with E-state index < -0.39 is 11.8 Å². The molecule has 12 nitrogen and oxygen atoms in total. The van der Waals surface area contributed by atoms with Crippen LogP contribution < -0.4 is 20.1 Å². The molecule has 0 saturated heterocycles. The third-order valence-electron chi connectivity index (χ3n) is 7.73. The van der Waals surface area contributed by atoms with E-state index >= 15 is 0 Å². The van der Waals surface area contributed by atoms with Crippen LogP contribution >= 0.6 is 95.6 Å². The topological polar surface area (TPSA) is 182 Å². The molecule has 4 aromatic rings. The molecule has 3 aliphatic rings. The van der Waals surface area contributed by atoms with Gasteiger partial charge < -0.3 is 40.7 Å². The molecular weight excluding hydrogens is 1070 g/mol. The van der Waals surface area contributed by atoms with Crippen molar-refractivity contribution in [3.05, 3.63) is 97.6 Å². The van der Waals surface area contributed by atoms with Crippen molar-refractivity contribution in [2.24, 2.45) is 10.3 Å². The Morgan fingerprint density at radius 3 is 1.65 bits per heavy atom. The minimum Gasteiger partial charge on any atom is -0.503 e. The molecule has 2 amide bonds. The van der Waals surface area contributed by atoms with Gasteiger partial charge in [-0.05, 0) is 167 Å². The van der Waals surface area contributed by atoms with E-state index in [9.17, 15) is 30.2 Å². The van der Waals surface area contributed by atoms with E-state index in [2.05, 4.69) is 117 Å². The molecule has 0 radical (unpaired) electrons. The fraction of sp³-hybridized carbons (Fsp3) is 0.176. The Hall–Kier alpha value is -3.16. The molecule has 0 spiro atoms. The first-order chi connectivity index (χ1) is 24.8.